The topological polar surface area (TPSA) is 43.9 Å². The number of anilines is 1. The lowest BCUT2D eigenvalue weighted by Gasteiger charge is -2.44. The molecule has 2 fully saturated rings. The third-order valence-electron chi connectivity index (χ3n) is 8.30. The molecule has 236 valence electrons. The molecule has 1 saturated carbocycles. The van der Waals surface area contributed by atoms with Gasteiger partial charge < -0.3 is 9.80 Å². The molecule has 0 radical (unpaired) electrons. The van der Waals surface area contributed by atoms with Crippen LogP contribution in [0, 0.1) is 11.7 Å². The van der Waals surface area contributed by atoms with Crippen LogP contribution in [0.1, 0.15) is 54.7 Å². The van der Waals surface area contributed by atoms with Crippen molar-refractivity contribution in [2.45, 2.75) is 62.3 Å². The van der Waals surface area contributed by atoms with E-state index in [1.165, 1.54) is 41.1 Å². The summed E-state index contributed by atoms with van der Waals surface area (Å²) in [6.45, 7) is 0.183. The smallest absolute Gasteiger partial charge is 0.342 e. The highest BCUT2D eigenvalue weighted by Crippen LogP contribution is 2.40. The Hall–Kier alpha value is -3.45. The monoisotopic (exact) mass is 623 g/mol. The van der Waals surface area contributed by atoms with E-state index in [0.717, 1.165) is 7.05 Å². The van der Waals surface area contributed by atoms with E-state index in [2.05, 4.69) is 0 Å². The largest absolute Gasteiger partial charge is 0.416 e. The summed E-state index contributed by atoms with van der Waals surface area (Å²) in [5, 5.41) is 0. The highest BCUT2D eigenvalue weighted by atomic mass is 19.4. The van der Waals surface area contributed by atoms with Crippen molar-refractivity contribution in [3.63, 3.8) is 0 Å². The van der Waals surface area contributed by atoms with Gasteiger partial charge in [-0.15, -0.1) is 0 Å². The number of nitrogens with zero attached hydrogens (tertiary/aromatic N) is 3. The summed E-state index contributed by atoms with van der Waals surface area (Å²) in [7, 11) is 2.40. The number of carbonyl (C=O) groups is 2. The minimum absolute atomic E-state index is 0.0209. The van der Waals surface area contributed by atoms with Crippen molar-refractivity contribution in [2.75, 3.05) is 32.1 Å². The first-order valence-electron chi connectivity index (χ1n) is 13.6. The SMILES string of the molecule is CN(C(=O)N(C)[C@@H]1CCN(C(=O)C2CCC(F)(F)CC2)C[C@H]1c1ccc(F)cc1)c1cc(C(F)(F)F)cc(C(F)(F)F)c1. The van der Waals surface area contributed by atoms with Crippen LogP contribution in [0.15, 0.2) is 42.5 Å². The quantitative estimate of drug-likeness (QED) is 0.330. The van der Waals surface area contributed by atoms with Gasteiger partial charge in [-0.2, -0.15) is 26.3 Å². The van der Waals surface area contributed by atoms with Crippen LogP contribution < -0.4 is 4.90 Å². The average molecular weight is 624 g/mol. The maximum atomic E-state index is 13.7. The van der Waals surface area contributed by atoms with Crippen LogP contribution in [0.2, 0.25) is 0 Å². The van der Waals surface area contributed by atoms with Gasteiger partial charge in [-0.1, -0.05) is 12.1 Å². The zero-order valence-corrected chi connectivity index (χ0v) is 23.3. The van der Waals surface area contributed by atoms with Gasteiger partial charge in [0.05, 0.1) is 11.1 Å². The fraction of sp³-hybridized carbons (Fsp3) is 0.517. The van der Waals surface area contributed by atoms with E-state index in [1.54, 1.807) is 0 Å². The van der Waals surface area contributed by atoms with Crippen molar-refractivity contribution in [1.82, 2.24) is 9.80 Å². The minimum Gasteiger partial charge on any atom is -0.342 e. The summed E-state index contributed by atoms with van der Waals surface area (Å²) >= 11 is 0. The van der Waals surface area contributed by atoms with Crippen molar-refractivity contribution in [2.24, 2.45) is 5.92 Å². The molecule has 0 spiro atoms. The highest BCUT2D eigenvalue weighted by molar-refractivity contribution is 5.92. The van der Waals surface area contributed by atoms with Crippen LogP contribution in [0.4, 0.5) is 50.0 Å². The number of amides is 3. The van der Waals surface area contributed by atoms with Crippen molar-refractivity contribution in [3.8, 4) is 0 Å². The molecule has 2 aromatic carbocycles. The number of likely N-dealkylation sites (tertiary alicyclic amines) is 1. The molecule has 5 nitrogen and oxygen atoms in total. The number of hydrogen-bond acceptors (Lipinski definition) is 2. The third kappa shape index (κ3) is 7.38. The minimum atomic E-state index is -5.10. The Labute approximate surface area is 242 Å². The molecule has 1 aliphatic heterocycles. The summed E-state index contributed by atoms with van der Waals surface area (Å²) in [6.07, 6.45) is -10.8. The molecule has 2 aliphatic rings. The van der Waals surface area contributed by atoms with Gasteiger partial charge >= 0.3 is 18.4 Å². The summed E-state index contributed by atoms with van der Waals surface area (Å²) in [6, 6.07) is 4.58. The average Bonchev–Trinajstić information content (AvgIpc) is 2.94. The Morgan fingerprint density at radius 1 is 0.860 bits per heavy atom. The maximum absolute atomic E-state index is 13.7. The van der Waals surface area contributed by atoms with Gasteiger partial charge in [0.1, 0.15) is 5.82 Å². The standard InChI is InChI=1S/C29H30F9N3O2/c1-39(22-14-19(28(33,34)35)13-20(15-22)29(36,37)38)26(43)40(2)24-9-12-41(16-23(24)17-3-5-21(30)6-4-17)25(42)18-7-10-27(31,32)11-8-18/h3-6,13-15,18,23-24H,7-12,16H2,1-2H3/t23-,24+/m0/s1. The lowest BCUT2D eigenvalue weighted by Crippen LogP contribution is -2.55. The molecule has 0 aromatic heterocycles. The Bertz CT molecular complexity index is 1290. The van der Waals surface area contributed by atoms with Crippen molar-refractivity contribution in [3.05, 3.63) is 65.0 Å². The molecule has 0 bridgehead atoms. The number of alkyl halides is 8. The second-order valence-electron chi connectivity index (χ2n) is 11.1. The Balaban J connectivity index is 1.60. The van der Waals surface area contributed by atoms with E-state index in [0.29, 0.717) is 22.6 Å². The van der Waals surface area contributed by atoms with Crippen LogP contribution in [0.5, 0.6) is 0 Å². The molecule has 2 atom stereocenters. The first-order valence-corrected chi connectivity index (χ1v) is 13.6. The molecule has 4 rings (SSSR count). The number of rotatable bonds is 4. The highest BCUT2D eigenvalue weighted by Gasteiger charge is 2.43. The summed E-state index contributed by atoms with van der Waals surface area (Å²) in [5.74, 6) is -4.88. The van der Waals surface area contributed by atoms with E-state index in [4.69, 9.17) is 0 Å². The van der Waals surface area contributed by atoms with E-state index >= 15 is 0 Å². The molecule has 1 saturated heterocycles. The van der Waals surface area contributed by atoms with Crippen LogP contribution in [-0.4, -0.2) is 60.9 Å². The second-order valence-corrected chi connectivity index (χ2v) is 11.1. The normalized spacial score (nSPS) is 21.4. The summed E-state index contributed by atoms with van der Waals surface area (Å²) in [4.78, 5) is 30.2. The molecule has 2 aromatic rings. The number of likely N-dealkylation sites (N-methyl/N-ethyl adjacent to an activating group) is 1. The Morgan fingerprint density at radius 3 is 1.91 bits per heavy atom. The molecular formula is C29H30F9N3O2. The van der Waals surface area contributed by atoms with Gasteiger partial charge in [-0.05, 0) is 55.2 Å². The number of urea groups is 1. The zero-order valence-electron chi connectivity index (χ0n) is 23.3. The predicted molar refractivity (Wildman–Crippen MR) is 139 cm³/mol. The van der Waals surface area contributed by atoms with Gasteiger partial charge in [-0.3, -0.25) is 9.69 Å². The van der Waals surface area contributed by atoms with Crippen molar-refractivity contribution in [1.29, 1.82) is 0 Å². The number of halogens is 9. The first kappa shape index (κ1) is 32.5. The van der Waals surface area contributed by atoms with E-state index in [-0.39, 0.29) is 44.3 Å². The molecule has 0 N–H and O–H groups in total. The van der Waals surface area contributed by atoms with Crippen LogP contribution in [0.25, 0.3) is 0 Å². The fourth-order valence-corrected chi connectivity index (χ4v) is 5.81. The van der Waals surface area contributed by atoms with Crippen LogP contribution in [0.3, 0.4) is 0 Å². The first-order chi connectivity index (χ1) is 19.9. The lowest BCUT2D eigenvalue weighted by atomic mass is 9.82. The van der Waals surface area contributed by atoms with E-state index in [1.807, 2.05) is 0 Å². The van der Waals surface area contributed by atoms with Gasteiger partial charge in [0.25, 0.3) is 0 Å². The lowest BCUT2D eigenvalue weighted by molar-refractivity contribution is -0.143. The molecule has 43 heavy (non-hydrogen) atoms. The van der Waals surface area contributed by atoms with E-state index < -0.39 is 77.7 Å². The molecule has 0 unspecified atom stereocenters. The molecular weight excluding hydrogens is 593 g/mol. The fourth-order valence-electron chi connectivity index (χ4n) is 5.81. The van der Waals surface area contributed by atoms with Crippen molar-refractivity contribution >= 4 is 17.6 Å². The van der Waals surface area contributed by atoms with Crippen LogP contribution >= 0.6 is 0 Å². The van der Waals surface area contributed by atoms with Crippen LogP contribution in [-0.2, 0) is 17.1 Å². The van der Waals surface area contributed by atoms with Gasteiger partial charge in [-0.25, -0.2) is 18.0 Å². The Morgan fingerprint density at radius 2 is 1.40 bits per heavy atom. The zero-order chi connectivity index (χ0) is 31.9. The molecule has 1 aliphatic carbocycles. The van der Waals surface area contributed by atoms with Gasteiger partial charge in [0.15, 0.2) is 0 Å². The molecule has 3 amide bonds. The third-order valence-corrected chi connectivity index (χ3v) is 8.30. The number of piperidine rings is 1. The predicted octanol–water partition coefficient (Wildman–Crippen LogP) is 7.56. The number of carbonyl (C=O) groups excluding carboxylic acids is 2. The van der Waals surface area contributed by atoms with Gasteiger partial charge in [0.2, 0.25) is 11.8 Å². The summed E-state index contributed by atoms with van der Waals surface area (Å²) < 4.78 is 122. The van der Waals surface area contributed by atoms with Crippen molar-refractivity contribution < 1.29 is 49.1 Å². The molecule has 14 heteroatoms. The summed E-state index contributed by atoms with van der Waals surface area (Å²) in [5.41, 5.74) is -3.23. The second kappa shape index (κ2) is 11.9. The maximum Gasteiger partial charge on any atom is 0.416 e. The van der Waals surface area contributed by atoms with E-state index in [9.17, 15) is 49.1 Å². The Kier molecular flexibility index (Phi) is 8.99. The van der Waals surface area contributed by atoms with Gasteiger partial charge in [0, 0.05) is 63.6 Å². The molecule has 1 heterocycles. The number of hydrogen-bond donors (Lipinski definition) is 0. The number of benzene rings is 2.